The van der Waals surface area contributed by atoms with E-state index in [0.29, 0.717) is 17.6 Å². The van der Waals surface area contributed by atoms with Crippen LogP contribution in [0.1, 0.15) is 159 Å². The summed E-state index contributed by atoms with van der Waals surface area (Å²) in [7, 11) is 1.85. The number of fused-ring (bicyclic) bond motifs is 6. The molecule has 0 aromatic heterocycles. The monoisotopic (exact) mass is 598 g/mol. The number of hydrogen-bond donors (Lipinski definition) is 1. The molecule has 1 N–H and O–H groups in total. The van der Waals surface area contributed by atoms with E-state index in [1.54, 1.807) is 0 Å². The smallest absolute Gasteiger partial charge is 0.133 e. The molecule has 3 nitrogen and oxygen atoms in total. The average Bonchev–Trinajstić information content (AvgIpc) is 2.92. The molecule has 3 heteroatoms. The third-order valence-electron chi connectivity index (χ3n) is 12.9. The van der Waals surface area contributed by atoms with Crippen molar-refractivity contribution >= 4 is 6.08 Å². The Hall–Kier alpha value is -2.26. The zero-order valence-electron chi connectivity index (χ0n) is 29.4. The number of ether oxygens (including phenoxy) is 2. The first-order chi connectivity index (χ1) is 20.5. The maximum Gasteiger partial charge on any atom is 0.133 e. The van der Waals surface area contributed by atoms with Gasteiger partial charge in [-0.3, -0.25) is 0 Å². The molecule has 0 spiro atoms. The predicted octanol–water partition coefficient (Wildman–Crippen LogP) is 11.0. The lowest BCUT2D eigenvalue weighted by Gasteiger charge is -2.58. The number of phenolic OH excluding ortho intramolecular Hbond substituents is 1. The predicted molar refractivity (Wildman–Crippen MR) is 183 cm³/mol. The van der Waals surface area contributed by atoms with Crippen LogP contribution in [0.5, 0.6) is 11.5 Å². The fourth-order valence-corrected chi connectivity index (χ4v) is 10.8. The Bertz CT molecular complexity index is 1460. The van der Waals surface area contributed by atoms with Gasteiger partial charge in [0.25, 0.3) is 0 Å². The molecule has 4 aliphatic rings. The minimum Gasteiger partial charge on any atom is -0.508 e. The molecule has 0 unspecified atom stereocenters. The first-order valence-corrected chi connectivity index (χ1v) is 17.5. The summed E-state index contributed by atoms with van der Waals surface area (Å²) in [5, 5.41) is 11.2. The summed E-state index contributed by atoms with van der Waals surface area (Å²) in [4.78, 5) is 0. The number of allylic oxidation sites excluding steroid dienone is 1. The van der Waals surface area contributed by atoms with Crippen LogP contribution in [-0.4, -0.2) is 18.3 Å². The maximum absolute atomic E-state index is 11.2. The zero-order chi connectivity index (χ0) is 32.0. The van der Waals surface area contributed by atoms with Crippen molar-refractivity contribution in [2.45, 2.75) is 143 Å². The van der Waals surface area contributed by atoms with Gasteiger partial charge >= 0.3 is 0 Å². The minimum absolute atomic E-state index is 0.0535. The molecule has 0 radical (unpaired) electrons. The highest BCUT2D eigenvalue weighted by Crippen LogP contribution is 2.62. The van der Waals surface area contributed by atoms with Gasteiger partial charge in [0, 0.05) is 13.0 Å². The SMILES string of the molecule is CO[C@H]1c2cc(C(C)C)c(O)cc2[C@@]2(C)CCCC(C)(C)[C@@H]2[C@H]1Oc1cc2c(cc1C(C)C)C=C[C@H]1C(C)(C)CCC[C@]21C. The molecule has 2 fully saturated rings. The molecule has 2 aromatic carbocycles. The topological polar surface area (TPSA) is 38.7 Å². The highest BCUT2D eigenvalue weighted by atomic mass is 16.5. The fraction of sp³-hybridized carbons (Fsp3) is 0.659. The summed E-state index contributed by atoms with van der Waals surface area (Å²) >= 11 is 0. The second-order valence-electron chi connectivity index (χ2n) is 17.4. The van der Waals surface area contributed by atoms with Crippen LogP contribution in [-0.2, 0) is 15.6 Å². The van der Waals surface area contributed by atoms with E-state index in [2.05, 4.69) is 106 Å². The van der Waals surface area contributed by atoms with E-state index in [-0.39, 0.29) is 45.7 Å². The van der Waals surface area contributed by atoms with Crippen molar-refractivity contribution in [1.29, 1.82) is 0 Å². The first-order valence-electron chi connectivity index (χ1n) is 17.5. The van der Waals surface area contributed by atoms with Crippen LogP contribution in [0.15, 0.2) is 30.3 Å². The third kappa shape index (κ3) is 4.69. The van der Waals surface area contributed by atoms with Gasteiger partial charge in [-0.05, 0) is 123 Å². The number of benzene rings is 2. The highest BCUT2D eigenvalue weighted by molar-refractivity contribution is 5.65. The summed E-state index contributed by atoms with van der Waals surface area (Å²) in [6, 6.07) is 9.21. The maximum atomic E-state index is 11.2. The van der Waals surface area contributed by atoms with Crippen molar-refractivity contribution in [3.63, 3.8) is 0 Å². The second kappa shape index (κ2) is 10.6. The van der Waals surface area contributed by atoms with E-state index in [9.17, 15) is 5.11 Å². The van der Waals surface area contributed by atoms with Gasteiger partial charge in [-0.1, -0.05) is 94.2 Å². The lowest BCUT2D eigenvalue weighted by molar-refractivity contribution is -0.113. The van der Waals surface area contributed by atoms with Gasteiger partial charge in [0.05, 0.1) is 0 Å². The van der Waals surface area contributed by atoms with Gasteiger partial charge in [-0.2, -0.15) is 0 Å². The largest absolute Gasteiger partial charge is 0.508 e. The summed E-state index contributed by atoms with van der Waals surface area (Å²) < 4.78 is 14.0. The number of methoxy groups -OCH3 is 1. The number of aromatic hydroxyl groups is 1. The number of rotatable bonds is 5. The van der Waals surface area contributed by atoms with Crippen molar-refractivity contribution < 1.29 is 14.6 Å². The highest BCUT2D eigenvalue weighted by Gasteiger charge is 2.59. The van der Waals surface area contributed by atoms with Crippen LogP contribution >= 0.6 is 0 Å². The van der Waals surface area contributed by atoms with Crippen LogP contribution in [0, 0.1) is 22.7 Å². The Balaban J connectivity index is 1.54. The number of phenols is 1. The first kappa shape index (κ1) is 31.7. The molecule has 6 atom stereocenters. The van der Waals surface area contributed by atoms with Crippen molar-refractivity contribution in [1.82, 2.24) is 0 Å². The summed E-state index contributed by atoms with van der Waals surface area (Å²) in [5.41, 5.74) is 7.87. The zero-order valence-corrected chi connectivity index (χ0v) is 29.4. The lowest BCUT2D eigenvalue weighted by atomic mass is 9.48. The molecule has 4 aliphatic carbocycles. The van der Waals surface area contributed by atoms with E-state index < -0.39 is 0 Å². The van der Waals surface area contributed by atoms with Crippen LogP contribution in [0.3, 0.4) is 0 Å². The molecular weight excluding hydrogens is 540 g/mol. The quantitative estimate of drug-likeness (QED) is 0.372. The molecule has 0 amide bonds. The third-order valence-corrected chi connectivity index (χ3v) is 12.9. The molecule has 0 aliphatic heterocycles. The van der Waals surface area contributed by atoms with E-state index in [1.807, 2.05) is 7.11 Å². The molecule has 44 heavy (non-hydrogen) atoms. The molecule has 2 saturated carbocycles. The molecule has 2 aromatic rings. The van der Waals surface area contributed by atoms with Crippen molar-refractivity contribution in [2.24, 2.45) is 22.7 Å². The molecule has 240 valence electrons. The van der Waals surface area contributed by atoms with Gasteiger partial charge in [-0.15, -0.1) is 0 Å². The Kier molecular flexibility index (Phi) is 7.67. The van der Waals surface area contributed by atoms with Crippen molar-refractivity contribution in [2.75, 3.05) is 7.11 Å². The Morgan fingerprint density at radius 1 is 0.750 bits per heavy atom. The van der Waals surface area contributed by atoms with Gasteiger partial charge in [0.2, 0.25) is 0 Å². The standard InChI is InChI=1S/C41H58O3/c1-24(2)27-21-29-31(22-32(27)42)41(10)19-13-17-39(7,8)37(41)36(35(29)43-11)44-33-23-30-26(20-28(33)25(3)4)14-15-34-38(5,6)16-12-18-40(30,34)9/h14-15,20-25,34-37,42H,12-13,16-19H2,1-11H3/t34-,35-,36-,37-,40+,41+/m0/s1. The fourth-order valence-electron chi connectivity index (χ4n) is 10.8. The Morgan fingerprint density at radius 2 is 1.39 bits per heavy atom. The van der Waals surface area contributed by atoms with E-state index >= 15 is 0 Å². The molecule has 6 rings (SSSR count). The van der Waals surface area contributed by atoms with Crippen LogP contribution < -0.4 is 4.74 Å². The summed E-state index contributed by atoms with van der Waals surface area (Å²) in [6.45, 7) is 23.6. The number of hydrogen-bond acceptors (Lipinski definition) is 3. The average molecular weight is 599 g/mol. The van der Waals surface area contributed by atoms with Crippen molar-refractivity contribution in [3.05, 3.63) is 63.7 Å². The van der Waals surface area contributed by atoms with E-state index in [1.165, 1.54) is 53.5 Å². The Labute approximate surface area is 267 Å². The molecular formula is C41H58O3. The summed E-state index contributed by atoms with van der Waals surface area (Å²) in [6.07, 6.45) is 11.7. The van der Waals surface area contributed by atoms with Crippen LogP contribution in [0.25, 0.3) is 6.08 Å². The lowest BCUT2D eigenvalue weighted by Crippen LogP contribution is -2.58. The summed E-state index contributed by atoms with van der Waals surface area (Å²) in [5.74, 6) is 2.77. The van der Waals surface area contributed by atoms with Gasteiger partial charge in [0.15, 0.2) is 0 Å². The Morgan fingerprint density at radius 3 is 2.02 bits per heavy atom. The molecule has 0 saturated heterocycles. The van der Waals surface area contributed by atoms with E-state index in [0.717, 1.165) is 24.2 Å². The van der Waals surface area contributed by atoms with Crippen molar-refractivity contribution in [3.8, 4) is 11.5 Å². The normalized spacial score (nSPS) is 33.4. The van der Waals surface area contributed by atoms with Gasteiger partial charge in [0.1, 0.15) is 23.7 Å². The van der Waals surface area contributed by atoms with Gasteiger partial charge < -0.3 is 14.6 Å². The molecule has 0 heterocycles. The minimum atomic E-state index is -0.216. The molecule has 0 bridgehead atoms. The second-order valence-corrected chi connectivity index (χ2v) is 17.4. The van der Waals surface area contributed by atoms with Crippen LogP contribution in [0.2, 0.25) is 0 Å². The van der Waals surface area contributed by atoms with Crippen LogP contribution in [0.4, 0.5) is 0 Å². The van der Waals surface area contributed by atoms with Gasteiger partial charge in [-0.25, -0.2) is 0 Å². The van der Waals surface area contributed by atoms with E-state index in [4.69, 9.17) is 9.47 Å².